The van der Waals surface area contributed by atoms with Crippen molar-refractivity contribution in [1.82, 2.24) is 9.88 Å². The first-order chi connectivity index (χ1) is 10.0. The Morgan fingerprint density at radius 3 is 2.76 bits per heavy atom. The zero-order valence-corrected chi connectivity index (χ0v) is 12.0. The highest BCUT2D eigenvalue weighted by atomic mass is 16.4. The van der Waals surface area contributed by atoms with E-state index in [2.05, 4.69) is 10.1 Å². The second kappa shape index (κ2) is 6.21. The molecule has 0 unspecified atom stereocenters. The van der Waals surface area contributed by atoms with Crippen molar-refractivity contribution < 1.29 is 10.0 Å². The number of hydrogen-bond acceptors (Lipinski definition) is 4. The number of nitrogens with two attached hydrogens (primary N) is 1. The van der Waals surface area contributed by atoms with Gasteiger partial charge in [0.05, 0.1) is 17.6 Å². The van der Waals surface area contributed by atoms with Crippen molar-refractivity contribution in [1.29, 1.82) is 0 Å². The van der Waals surface area contributed by atoms with E-state index in [0.29, 0.717) is 11.1 Å². The SMILES string of the molecule is CC(C)N(CC(N)=NO)C(=O)c1cccc2cccnc12. The fourth-order valence-electron chi connectivity index (χ4n) is 2.13. The minimum absolute atomic E-state index is 0.00903. The summed E-state index contributed by atoms with van der Waals surface area (Å²) in [6.45, 7) is 3.82. The van der Waals surface area contributed by atoms with E-state index in [1.54, 1.807) is 17.2 Å². The van der Waals surface area contributed by atoms with Crippen LogP contribution in [0.25, 0.3) is 10.9 Å². The summed E-state index contributed by atoms with van der Waals surface area (Å²) in [6.07, 6.45) is 1.66. The van der Waals surface area contributed by atoms with Crippen LogP contribution in [0, 0.1) is 0 Å². The van der Waals surface area contributed by atoms with Gasteiger partial charge in [-0.1, -0.05) is 23.4 Å². The number of para-hydroxylation sites is 1. The van der Waals surface area contributed by atoms with Gasteiger partial charge in [0.15, 0.2) is 5.84 Å². The van der Waals surface area contributed by atoms with Gasteiger partial charge in [0.2, 0.25) is 0 Å². The predicted octanol–water partition coefficient (Wildman–Crippen LogP) is 1.83. The molecule has 2 rings (SSSR count). The van der Waals surface area contributed by atoms with Gasteiger partial charge in [0.25, 0.3) is 5.91 Å². The molecule has 1 amide bonds. The molecule has 2 aromatic rings. The average Bonchev–Trinajstić information content (AvgIpc) is 2.50. The molecule has 110 valence electrons. The van der Waals surface area contributed by atoms with Crippen LogP contribution in [0.4, 0.5) is 0 Å². The molecule has 21 heavy (non-hydrogen) atoms. The second-order valence-corrected chi connectivity index (χ2v) is 5.00. The zero-order valence-electron chi connectivity index (χ0n) is 12.0. The first-order valence-electron chi connectivity index (χ1n) is 6.65. The summed E-state index contributed by atoms with van der Waals surface area (Å²) in [5.74, 6) is -0.203. The molecule has 3 N–H and O–H groups in total. The molecule has 0 fully saturated rings. The number of benzene rings is 1. The number of hydrogen-bond donors (Lipinski definition) is 2. The van der Waals surface area contributed by atoms with E-state index in [4.69, 9.17) is 10.9 Å². The van der Waals surface area contributed by atoms with Gasteiger partial charge < -0.3 is 15.8 Å². The first-order valence-corrected chi connectivity index (χ1v) is 6.65. The number of aromatic nitrogens is 1. The quantitative estimate of drug-likeness (QED) is 0.388. The average molecular weight is 286 g/mol. The van der Waals surface area contributed by atoms with Crippen LogP contribution < -0.4 is 5.73 Å². The molecular weight excluding hydrogens is 268 g/mol. The van der Waals surface area contributed by atoms with Crippen LogP contribution >= 0.6 is 0 Å². The lowest BCUT2D eigenvalue weighted by Crippen LogP contribution is -2.43. The van der Waals surface area contributed by atoms with E-state index >= 15 is 0 Å². The van der Waals surface area contributed by atoms with Crippen molar-refractivity contribution in [3.8, 4) is 0 Å². The van der Waals surface area contributed by atoms with Crippen molar-refractivity contribution in [3.63, 3.8) is 0 Å². The minimum Gasteiger partial charge on any atom is -0.409 e. The van der Waals surface area contributed by atoms with Crippen LogP contribution in [-0.4, -0.2) is 39.4 Å². The smallest absolute Gasteiger partial charge is 0.256 e. The Kier molecular flexibility index (Phi) is 4.37. The third kappa shape index (κ3) is 3.10. The number of oxime groups is 1. The number of carbonyl (C=O) groups excluding carboxylic acids is 1. The third-order valence-corrected chi connectivity index (χ3v) is 3.21. The summed E-state index contributed by atoms with van der Waals surface area (Å²) in [5, 5.41) is 12.5. The van der Waals surface area contributed by atoms with Gasteiger partial charge >= 0.3 is 0 Å². The lowest BCUT2D eigenvalue weighted by atomic mass is 10.1. The molecule has 6 heteroatoms. The Bertz CT molecular complexity index is 677. The molecule has 1 aromatic carbocycles. The maximum Gasteiger partial charge on any atom is 0.256 e. The largest absolute Gasteiger partial charge is 0.409 e. The molecule has 0 aliphatic heterocycles. The third-order valence-electron chi connectivity index (χ3n) is 3.21. The number of pyridine rings is 1. The molecule has 0 saturated heterocycles. The van der Waals surface area contributed by atoms with Crippen LogP contribution in [0.3, 0.4) is 0 Å². The topological polar surface area (TPSA) is 91.8 Å². The van der Waals surface area contributed by atoms with E-state index in [1.165, 1.54) is 0 Å². The van der Waals surface area contributed by atoms with Gasteiger partial charge in [-0.3, -0.25) is 9.78 Å². The van der Waals surface area contributed by atoms with E-state index in [-0.39, 0.29) is 24.3 Å². The van der Waals surface area contributed by atoms with Crippen molar-refractivity contribution in [3.05, 3.63) is 42.1 Å². The van der Waals surface area contributed by atoms with Crippen LogP contribution in [-0.2, 0) is 0 Å². The molecule has 0 aliphatic rings. The summed E-state index contributed by atoms with van der Waals surface area (Å²) in [6, 6.07) is 9.10. The standard InChI is InChI=1S/C15H18N4O2/c1-10(2)19(9-13(16)18-21)15(20)12-7-3-5-11-6-4-8-17-14(11)12/h3-8,10,21H,9H2,1-2H3,(H2,16,18). The number of carbonyl (C=O) groups is 1. The van der Waals surface area contributed by atoms with E-state index in [0.717, 1.165) is 5.39 Å². The second-order valence-electron chi connectivity index (χ2n) is 5.00. The van der Waals surface area contributed by atoms with Gasteiger partial charge in [-0.25, -0.2) is 0 Å². The van der Waals surface area contributed by atoms with Crippen LogP contribution in [0.15, 0.2) is 41.7 Å². The molecule has 1 heterocycles. The predicted molar refractivity (Wildman–Crippen MR) is 81.3 cm³/mol. The lowest BCUT2D eigenvalue weighted by Gasteiger charge is -2.26. The first kappa shape index (κ1) is 14.8. The highest BCUT2D eigenvalue weighted by Crippen LogP contribution is 2.18. The van der Waals surface area contributed by atoms with Gasteiger partial charge in [0.1, 0.15) is 0 Å². The highest BCUT2D eigenvalue weighted by molar-refractivity contribution is 6.06. The Balaban J connectivity index is 2.44. The summed E-state index contributed by atoms with van der Waals surface area (Å²) >= 11 is 0. The van der Waals surface area contributed by atoms with Crippen molar-refractivity contribution >= 4 is 22.6 Å². The summed E-state index contributed by atoms with van der Waals surface area (Å²) in [4.78, 5) is 18.6. The number of fused-ring (bicyclic) bond motifs is 1. The molecule has 0 atom stereocenters. The Morgan fingerprint density at radius 2 is 2.10 bits per heavy atom. The number of amidine groups is 1. The maximum atomic E-state index is 12.7. The molecular formula is C15H18N4O2. The summed E-state index contributed by atoms with van der Waals surface area (Å²) < 4.78 is 0. The minimum atomic E-state index is -0.194. The molecule has 1 aromatic heterocycles. The van der Waals surface area contributed by atoms with Gasteiger partial charge in [-0.15, -0.1) is 0 Å². The Hall–Kier alpha value is -2.63. The maximum absolute atomic E-state index is 12.7. The molecule has 0 radical (unpaired) electrons. The molecule has 0 bridgehead atoms. The van der Waals surface area contributed by atoms with Gasteiger partial charge in [0, 0.05) is 17.6 Å². The zero-order chi connectivity index (χ0) is 15.4. The number of nitrogens with zero attached hydrogens (tertiary/aromatic N) is 3. The summed E-state index contributed by atoms with van der Waals surface area (Å²) in [5.41, 5.74) is 6.69. The number of rotatable bonds is 4. The van der Waals surface area contributed by atoms with E-state index < -0.39 is 0 Å². The molecule has 0 saturated carbocycles. The van der Waals surface area contributed by atoms with Crippen LogP contribution in [0.1, 0.15) is 24.2 Å². The van der Waals surface area contributed by atoms with Crippen molar-refractivity contribution in [2.45, 2.75) is 19.9 Å². The molecule has 0 spiro atoms. The Labute approximate surface area is 122 Å². The van der Waals surface area contributed by atoms with Crippen molar-refractivity contribution in [2.24, 2.45) is 10.9 Å². The van der Waals surface area contributed by atoms with E-state index in [9.17, 15) is 4.79 Å². The summed E-state index contributed by atoms with van der Waals surface area (Å²) in [7, 11) is 0. The van der Waals surface area contributed by atoms with E-state index in [1.807, 2.05) is 38.1 Å². The number of amides is 1. The van der Waals surface area contributed by atoms with Gasteiger partial charge in [-0.05, 0) is 26.0 Å². The van der Waals surface area contributed by atoms with Crippen molar-refractivity contribution in [2.75, 3.05) is 6.54 Å². The highest BCUT2D eigenvalue weighted by Gasteiger charge is 2.22. The normalized spacial score (nSPS) is 11.9. The Morgan fingerprint density at radius 1 is 1.38 bits per heavy atom. The molecule has 0 aliphatic carbocycles. The monoisotopic (exact) mass is 286 g/mol. The lowest BCUT2D eigenvalue weighted by molar-refractivity contribution is 0.0736. The fourth-order valence-corrected chi connectivity index (χ4v) is 2.13. The molecule has 6 nitrogen and oxygen atoms in total. The van der Waals surface area contributed by atoms with Crippen LogP contribution in [0.5, 0.6) is 0 Å². The fraction of sp³-hybridized carbons (Fsp3) is 0.267. The van der Waals surface area contributed by atoms with Crippen LogP contribution in [0.2, 0.25) is 0 Å². The van der Waals surface area contributed by atoms with Gasteiger partial charge in [-0.2, -0.15) is 0 Å².